The highest BCUT2D eigenvalue weighted by Crippen LogP contribution is 2.08. The lowest BCUT2D eigenvalue weighted by Gasteiger charge is -2.14. The van der Waals surface area contributed by atoms with Crippen molar-refractivity contribution >= 4 is 0 Å². The molecule has 0 bridgehead atoms. The molecule has 2 nitrogen and oxygen atoms in total. The first-order valence-corrected chi connectivity index (χ1v) is 5.98. The molecule has 0 rings (SSSR count). The van der Waals surface area contributed by atoms with Crippen LogP contribution in [0.2, 0.25) is 0 Å². The van der Waals surface area contributed by atoms with Crippen molar-refractivity contribution in [2.45, 2.75) is 59.0 Å². The molecule has 0 amide bonds. The maximum Gasteiger partial charge on any atom is 0.0549 e. The fourth-order valence-electron chi connectivity index (χ4n) is 1.62. The Hall–Kier alpha value is -0.0800. The summed E-state index contributed by atoms with van der Waals surface area (Å²) in [6.45, 7) is 8.38. The zero-order chi connectivity index (χ0) is 10.8. The highest BCUT2D eigenvalue weighted by atomic mass is 16.5. The Morgan fingerprint density at radius 3 is 2.21 bits per heavy atom. The highest BCUT2D eigenvalue weighted by molar-refractivity contribution is 4.54. The maximum absolute atomic E-state index is 5.70. The molecule has 0 saturated heterocycles. The van der Waals surface area contributed by atoms with Gasteiger partial charge >= 0.3 is 0 Å². The summed E-state index contributed by atoms with van der Waals surface area (Å²) in [4.78, 5) is 0. The zero-order valence-electron chi connectivity index (χ0n) is 10.1. The first-order chi connectivity index (χ1) is 6.66. The van der Waals surface area contributed by atoms with Gasteiger partial charge in [0.2, 0.25) is 0 Å². The van der Waals surface area contributed by atoms with Crippen molar-refractivity contribution in [3.63, 3.8) is 0 Å². The van der Waals surface area contributed by atoms with Gasteiger partial charge in [-0.05, 0) is 38.6 Å². The second-order valence-corrected chi connectivity index (χ2v) is 4.51. The summed E-state index contributed by atoms with van der Waals surface area (Å²) >= 11 is 0. The molecule has 86 valence electrons. The summed E-state index contributed by atoms with van der Waals surface area (Å²) in [7, 11) is 0. The summed E-state index contributed by atoms with van der Waals surface area (Å²) in [5.74, 6) is 0.738. The SMILES string of the molecule is CC(C)CC(C)OCCCCCCN. The molecular weight excluding hydrogens is 174 g/mol. The first-order valence-electron chi connectivity index (χ1n) is 5.98. The normalized spacial score (nSPS) is 13.5. The van der Waals surface area contributed by atoms with Crippen molar-refractivity contribution < 1.29 is 4.74 Å². The predicted octanol–water partition coefficient (Wildman–Crippen LogP) is 2.96. The van der Waals surface area contributed by atoms with Crippen LogP contribution >= 0.6 is 0 Å². The van der Waals surface area contributed by atoms with E-state index in [1.807, 2.05) is 0 Å². The Kier molecular flexibility index (Phi) is 9.42. The maximum atomic E-state index is 5.70. The minimum absolute atomic E-state index is 0.421. The van der Waals surface area contributed by atoms with E-state index in [1.54, 1.807) is 0 Å². The van der Waals surface area contributed by atoms with E-state index in [0.29, 0.717) is 6.10 Å². The van der Waals surface area contributed by atoms with Gasteiger partial charge in [0.1, 0.15) is 0 Å². The molecule has 0 aromatic heterocycles. The van der Waals surface area contributed by atoms with E-state index in [1.165, 1.54) is 25.7 Å². The second-order valence-electron chi connectivity index (χ2n) is 4.51. The molecule has 0 aromatic rings. The third kappa shape index (κ3) is 10.0. The minimum Gasteiger partial charge on any atom is -0.379 e. The monoisotopic (exact) mass is 201 g/mol. The van der Waals surface area contributed by atoms with Crippen molar-refractivity contribution in [2.24, 2.45) is 11.7 Å². The Balaban J connectivity index is 3.10. The number of ether oxygens (including phenoxy) is 1. The van der Waals surface area contributed by atoms with E-state index in [4.69, 9.17) is 10.5 Å². The van der Waals surface area contributed by atoms with Gasteiger partial charge < -0.3 is 10.5 Å². The van der Waals surface area contributed by atoms with Crippen molar-refractivity contribution in [3.8, 4) is 0 Å². The molecule has 1 atom stereocenters. The lowest BCUT2D eigenvalue weighted by molar-refractivity contribution is 0.0494. The highest BCUT2D eigenvalue weighted by Gasteiger charge is 2.04. The van der Waals surface area contributed by atoms with Gasteiger partial charge in [0.25, 0.3) is 0 Å². The third-order valence-electron chi connectivity index (χ3n) is 2.30. The fourth-order valence-corrected chi connectivity index (χ4v) is 1.62. The molecule has 0 heterocycles. The van der Waals surface area contributed by atoms with Crippen LogP contribution in [0.3, 0.4) is 0 Å². The Morgan fingerprint density at radius 1 is 1.00 bits per heavy atom. The average Bonchev–Trinajstić information content (AvgIpc) is 2.10. The number of rotatable bonds is 9. The van der Waals surface area contributed by atoms with Gasteiger partial charge in [0, 0.05) is 6.61 Å². The van der Waals surface area contributed by atoms with Crippen LogP contribution in [0.25, 0.3) is 0 Å². The van der Waals surface area contributed by atoms with E-state index in [0.717, 1.165) is 25.5 Å². The molecule has 1 unspecified atom stereocenters. The molecule has 2 heteroatoms. The van der Waals surface area contributed by atoms with E-state index < -0.39 is 0 Å². The van der Waals surface area contributed by atoms with Gasteiger partial charge in [0.05, 0.1) is 6.10 Å². The van der Waals surface area contributed by atoms with E-state index in [9.17, 15) is 0 Å². The van der Waals surface area contributed by atoms with Crippen molar-refractivity contribution in [3.05, 3.63) is 0 Å². The number of hydrogen-bond donors (Lipinski definition) is 1. The molecule has 0 aliphatic heterocycles. The summed E-state index contributed by atoms with van der Waals surface area (Å²) in [6, 6.07) is 0. The topological polar surface area (TPSA) is 35.2 Å². The lowest BCUT2D eigenvalue weighted by atomic mass is 10.1. The Morgan fingerprint density at radius 2 is 1.64 bits per heavy atom. The van der Waals surface area contributed by atoms with Crippen LogP contribution in [0.5, 0.6) is 0 Å². The first kappa shape index (κ1) is 13.9. The number of unbranched alkanes of at least 4 members (excludes halogenated alkanes) is 3. The van der Waals surface area contributed by atoms with E-state index >= 15 is 0 Å². The van der Waals surface area contributed by atoms with Gasteiger partial charge in [-0.15, -0.1) is 0 Å². The van der Waals surface area contributed by atoms with Crippen LogP contribution in [0.1, 0.15) is 52.9 Å². The second kappa shape index (κ2) is 9.47. The molecule has 0 spiro atoms. The Bertz CT molecular complexity index is 115. The van der Waals surface area contributed by atoms with Gasteiger partial charge in [-0.1, -0.05) is 26.7 Å². The quantitative estimate of drug-likeness (QED) is 0.582. The zero-order valence-corrected chi connectivity index (χ0v) is 10.1. The van der Waals surface area contributed by atoms with Crippen LogP contribution in [0, 0.1) is 5.92 Å². The number of hydrogen-bond acceptors (Lipinski definition) is 2. The minimum atomic E-state index is 0.421. The fraction of sp³-hybridized carbons (Fsp3) is 1.00. The Labute approximate surface area is 89.2 Å². The average molecular weight is 201 g/mol. The van der Waals surface area contributed by atoms with Gasteiger partial charge in [-0.3, -0.25) is 0 Å². The van der Waals surface area contributed by atoms with Gasteiger partial charge in [0.15, 0.2) is 0 Å². The molecular formula is C12H27NO. The standard InChI is InChI=1S/C12H27NO/c1-11(2)10-12(3)14-9-7-5-4-6-8-13/h11-12H,4-10,13H2,1-3H3. The molecule has 0 aliphatic carbocycles. The molecule has 0 saturated carbocycles. The van der Waals surface area contributed by atoms with E-state index in [-0.39, 0.29) is 0 Å². The van der Waals surface area contributed by atoms with Crippen LogP contribution in [-0.2, 0) is 4.74 Å². The van der Waals surface area contributed by atoms with Crippen molar-refractivity contribution in [1.82, 2.24) is 0 Å². The van der Waals surface area contributed by atoms with Crippen LogP contribution in [0.4, 0.5) is 0 Å². The van der Waals surface area contributed by atoms with Gasteiger partial charge in [-0.25, -0.2) is 0 Å². The smallest absolute Gasteiger partial charge is 0.0549 e. The third-order valence-corrected chi connectivity index (χ3v) is 2.30. The van der Waals surface area contributed by atoms with Crippen molar-refractivity contribution in [2.75, 3.05) is 13.2 Å². The summed E-state index contributed by atoms with van der Waals surface area (Å²) < 4.78 is 5.70. The number of nitrogens with two attached hydrogens (primary N) is 1. The van der Waals surface area contributed by atoms with Crippen molar-refractivity contribution in [1.29, 1.82) is 0 Å². The predicted molar refractivity (Wildman–Crippen MR) is 62.4 cm³/mol. The van der Waals surface area contributed by atoms with Crippen LogP contribution < -0.4 is 5.73 Å². The van der Waals surface area contributed by atoms with Crippen LogP contribution in [-0.4, -0.2) is 19.3 Å². The molecule has 2 N–H and O–H groups in total. The summed E-state index contributed by atoms with van der Waals surface area (Å²) in [5.41, 5.74) is 5.42. The largest absolute Gasteiger partial charge is 0.379 e. The van der Waals surface area contributed by atoms with Gasteiger partial charge in [-0.2, -0.15) is 0 Å². The molecule has 0 radical (unpaired) electrons. The summed E-state index contributed by atoms with van der Waals surface area (Å²) in [6.07, 6.45) is 6.43. The molecule has 14 heavy (non-hydrogen) atoms. The molecule has 0 aromatic carbocycles. The van der Waals surface area contributed by atoms with E-state index in [2.05, 4.69) is 20.8 Å². The molecule has 0 fully saturated rings. The molecule has 0 aliphatic rings. The summed E-state index contributed by atoms with van der Waals surface area (Å²) in [5, 5.41) is 0. The lowest BCUT2D eigenvalue weighted by Crippen LogP contribution is -2.12. The van der Waals surface area contributed by atoms with Crippen LogP contribution in [0.15, 0.2) is 0 Å².